The smallest absolute Gasteiger partial charge is 0.276 e. The summed E-state index contributed by atoms with van der Waals surface area (Å²) in [5, 5.41) is 21.3. The number of carbonyl (C=O) groups excluding carboxylic acids is 1. The highest BCUT2D eigenvalue weighted by atomic mass is 32.2. The van der Waals surface area contributed by atoms with Crippen LogP contribution in [0.5, 0.6) is 0 Å². The second-order valence-corrected chi connectivity index (χ2v) is 10.9. The van der Waals surface area contributed by atoms with Gasteiger partial charge < -0.3 is 15.2 Å². The third-order valence-electron chi connectivity index (χ3n) is 7.11. The summed E-state index contributed by atoms with van der Waals surface area (Å²) in [6.45, 7) is 6.00. The number of benzene rings is 1. The molecule has 1 aromatic heterocycles. The van der Waals surface area contributed by atoms with Crippen molar-refractivity contribution in [2.75, 3.05) is 20.1 Å². The van der Waals surface area contributed by atoms with Crippen LogP contribution in [-0.2, 0) is 11.2 Å². The van der Waals surface area contributed by atoms with Crippen LogP contribution in [0, 0.1) is 16.7 Å². The van der Waals surface area contributed by atoms with Crippen molar-refractivity contribution in [2.45, 2.75) is 64.1 Å². The van der Waals surface area contributed by atoms with E-state index < -0.39 is 0 Å². The largest absolute Gasteiger partial charge is 0.361 e. The Balaban J connectivity index is 1.36. The van der Waals surface area contributed by atoms with Crippen molar-refractivity contribution in [3.8, 4) is 0 Å². The third kappa shape index (κ3) is 5.61. The van der Waals surface area contributed by atoms with E-state index in [0.29, 0.717) is 23.2 Å². The number of amides is 1. The monoisotopic (exact) mass is 468 g/mol. The molecule has 3 atom stereocenters. The first-order chi connectivity index (χ1) is 15.8. The third-order valence-corrected chi connectivity index (χ3v) is 7.95. The van der Waals surface area contributed by atoms with Crippen LogP contribution >= 0.6 is 11.8 Å². The molecule has 0 spiro atoms. The first kappa shape index (κ1) is 23.8. The number of H-pyrrole nitrogens is 1. The van der Waals surface area contributed by atoms with Crippen molar-refractivity contribution in [3.05, 3.63) is 36.0 Å². The Morgan fingerprint density at radius 3 is 2.58 bits per heavy atom. The van der Waals surface area contributed by atoms with Crippen LogP contribution in [0.25, 0.3) is 10.9 Å². The fourth-order valence-electron chi connectivity index (χ4n) is 5.06. The number of aromatic amines is 1. The van der Waals surface area contributed by atoms with Gasteiger partial charge in [-0.05, 0) is 68.5 Å². The van der Waals surface area contributed by atoms with Crippen LogP contribution in [0.4, 0.5) is 0 Å². The molecule has 0 saturated carbocycles. The van der Waals surface area contributed by atoms with Gasteiger partial charge in [-0.25, -0.2) is 0 Å². The van der Waals surface area contributed by atoms with Gasteiger partial charge in [0.05, 0.1) is 0 Å². The summed E-state index contributed by atoms with van der Waals surface area (Å²) in [5.41, 5.74) is 2.28. The quantitative estimate of drug-likeness (QED) is 0.380. The Morgan fingerprint density at radius 2 is 1.88 bits per heavy atom. The number of hydrogen-bond donors (Lipinski definition) is 4. The van der Waals surface area contributed by atoms with Crippen molar-refractivity contribution >= 4 is 38.8 Å². The predicted molar refractivity (Wildman–Crippen MR) is 137 cm³/mol. The first-order valence-electron chi connectivity index (χ1n) is 12.0. The number of aromatic nitrogens is 1. The number of amidine groups is 1. The van der Waals surface area contributed by atoms with E-state index in [1.807, 2.05) is 23.2 Å². The lowest BCUT2D eigenvalue weighted by Crippen LogP contribution is -2.53. The van der Waals surface area contributed by atoms with Gasteiger partial charge in [0, 0.05) is 48.3 Å². The number of nitrogens with one attached hydrogen (secondary N) is 4. The highest BCUT2D eigenvalue weighted by Crippen LogP contribution is 2.29. The number of fused-ring (bicyclic) bond motifs is 3. The Morgan fingerprint density at radius 1 is 1.18 bits per heavy atom. The van der Waals surface area contributed by atoms with Crippen LogP contribution in [0.15, 0.2) is 30.5 Å². The van der Waals surface area contributed by atoms with E-state index in [1.165, 1.54) is 23.8 Å². The molecule has 1 amide bonds. The number of thioether (sulfide) groups is 1. The molecule has 2 aliphatic heterocycles. The zero-order valence-corrected chi connectivity index (χ0v) is 20.7. The maximum Gasteiger partial charge on any atom is 0.276 e. The van der Waals surface area contributed by atoms with E-state index in [0.717, 1.165) is 49.6 Å². The van der Waals surface area contributed by atoms with E-state index in [1.54, 1.807) is 0 Å². The molecule has 3 heterocycles. The number of para-hydroxylation sites is 1. The Labute approximate surface area is 200 Å². The number of hydrogen-bond acceptors (Lipinski definition) is 5. The second-order valence-electron chi connectivity index (χ2n) is 9.90. The molecule has 2 bridgehead atoms. The summed E-state index contributed by atoms with van der Waals surface area (Å²) < 4.78 is 0. The summed E-state index contributed by atoms with van der Waals surface area (Å²) in [7, 11) is 2.16. The molecule has 2 fully saturated rings. The topological polar surface area (TPSA) is 99.1 Å². The van der Waals surface area contributed by atoms with E-state index in [9.17, 15) is 4.79 Å². The van der Waals surface area contributed by atoms with Gasteiger partial charge in [0.15, 0.2) is 10.2 Å². The van der Waals surface area contributed by atoms with Crippen LogP contribution < -0.4 is 5.32 Å². The summed E-state index contributed by atoms with van der Waals surface area (Å²) in [4.78, 5) is 20.7. The fraction of sp³-hybridized carbons (Fsp3) is 0.560. The van der Waals surface area contributed by atoms with Crippen molar-refractivity contribution in [3.63, 3.8) is 0 Å². The predicted octanol–water partition coefficient (Wildman–Crippen LogP) is 4.06. The molecule has 1 aromatic carbocycles. The zero-order chi connectivity index (χ0) is 23.5. The molecular formula is C25H36N6OS. The number of likely N-dealkylation sites (N-methyl/N-ethyl adjacent to an activating group) is 1. The molecule has 0 radical (unpaired) electrons. The number of piperazine rings is 1. The Kier molecular flexibility index (Phi) is 7.44. The van der Waals surface area contributed by atoms with E-state index >= 15 is 0 Å². The number of likely N-dealkylation sites (tertiary alicyclic amines) is 1. The molecule has 2 aromatic rings. The molecule has 4 N–H and O–H groups in total. The average molecular weight is 469 g/mol. The molecule has 3 unspecified atom stereocenters. The van der Waals surface area contributed by atoms with Gasteiger partial charge in [-0.2, -0.15) is 0 Å². The minimum Gasteiger partial charge on any atom is -0.361 e. The number of nitrogens with zero attached hydrogens (tertiary/aromatic N) is 2. The maximum atomic E-state index is 12.9. The lowest BCUT2D eigenvalue weighted by Gasteiger charge is -2.39. The van der Waals surface area contributed by atoms with Gasteiger partial charge in [0.25, 0.3) is 5.91 Å². The van der Waals surface area contributed by atoms with E-state index in [4.69, 9.17) is 10.8 Å². The van der Waals surface area contributed by atoms with Crippen LogP contribution in [-0.4, -0.2) is 69.2 Å². The zero-order valence-electron chi connectivity index (χ0n) is 19.9. The van der Waals surface area contributed by atoms with Gasteiger partial charge in [-0.1, -0.05) is 32.0 Å². The van der Waals surface area contributed by atoms with Gasteiger partial charge in [0.2, 0.25) is 0 Å². The van der Waals surface area contributed by atoms with E-state index in [2.05, 4.69) is 48.2 Å². The van der Waals surface area contributed by atoms with Gasteiger partial charge in [-0.3, -0.25) is 20.5 Å². The molecule has 7 nitrogen and oxygen atoms in total. The van der Waals surface area contributed by atoms with Crippen molar-refractivity contribution in [1.29, 1.82) is 10.8 Å². The second kappa shape index (κ2) is 10.3. The Hall–Kier alpha value is -2.32. The van der Waals surface area contributed by atoms with Crippen LogP contribution in [0.3, 0.4) is 0 Å². The van der Waals surface area contributed by atoms with Gasteiger partial charge in [-0.15, -0.1) is 0 Å². The lowest BCUT2D eigenvalue weighted by atomic mass is 9.97. The molecule has 4 rings (SSSR count). The highest BCUT2D eigenvalue weighted by Gasteiger charge is 2.38. The first-order valence-corrected chi connectivity index (χ1v) is 12.8. The number of carbonyl (C=O) groups is 1. The van der Waals surface area contributed by atoms with Crippen LogP contribution in [0.2, 0.25) is 0 Å². The summed E-state index contributed by atoms with van der Waals surface area (Å²) in [6, 6.07) is 9.11. The Bertz CT molecular complexity index is 1000. The molecule has 178 valence electrons. The molecule has 0 aliphatic carbocycles. The van der Waals surface area contributed by atoms with Gasteiger partial charge in [0.1, 0.15) is 0 Å². The van der Waals surface area contributed by atoms with Crippen molar-refractivity contribution in [1.82, 2.24) is 20.1 Å². The molecule has 2 aliphatic rings. The maximum absolute atomic E-state index is 12.9. The highest BCUT2D eigenvalue weighted by molar-refractivity contribution is 8.27. The summed E-state index contributed by atoms with van der Waals surface area (Å²) in [5.74, 6) is 0.164. The fourth-order valence-corrected chi connectivity index (χ4v) is 5.69. The summed E-state index contributed by atoms with van der Waals surface area (Å²) >= 11 is 0.980. The van der Waals surface area contributed by atoms with E-state index in [-0.39, 0.29) is 17.0 Å². The minimum absolute atomic E-state index is 0.0475. The summed E-state index contributed by atoms with van der Waals surface area (Å²) in [6.07, 6.45) is 6.95. The molecule has 33 heavy (non-hydrogen) atoms. The normalized spacial score (nSPS) is 21.5. The van der Waals surface area contributed by atoms with Crippen molar-refractivity contribution in [2.24, 2.45) is 5.92 Å². The molecule has 8 heteroatoms. The molecule has 2 saturated heterocycles. The SMILES string of the molecule is CC(C)CCC(Cc1c[nH]c2ccccc12)NC(=O)C(=N)SC(=N)N1CC2CCC(C1)N2C. The average Bonchev–Trinajstić information content (AvgIpc) is 3.26. The number of rotatable bonds is 6. The lowest BCUT2D eigenvalue weighted by molar-refractivity contribution is -0.115. The van der Waals surface area contributed by atoms with Crippen LogP contribution in [0.1, 0.15) is 45.1 Å². The van der Waals surface area contributed by atoms with Gasteiger partial charge >= 0.3 is 0 Å². The molecular weight excluding hydrogens is 432 g/mol. The standard InChI is InChI=1S/C25H36N6OS/c1-16(2)8-9-18(12-17-13-28-22-7-5-4-6-21(17)22)29-24(32)23(26)33-25(27)31-14-19-10-11-20(15-31)30(19)3/h4-7,13,16,18-20,26-28H,8-12,14-15H2,1-3H3,(H,29,32). The minimum atomic E-state index is -0.379. The van der Waals surface area contributed by atoms with Crippen molar-refractivity contribution < 1.29 is 4.79 Å².